The first-order valence-electron chi connectivity index (χ1n) is 9.24. The molecule has 130 valence electrons. The molecule has 2 N–H and O–H groups in total. The van der Waals surface area contributed by atoms with Crippen molar-refractivity contribution in [2.24, 2.45) is 5.92 Å². The Morgan fingerprint density at radius 2 is 1.92 bits per heavy atom. The van der Waals surface area contributed by atoms with Crippen LogP contribution in [0.3, 0.4) is 0 Å². The summed E-state index contributed by atoms with van der Waals surface area (Å²) in [4.78, 5) is 4.82. The molecule has 24 heavy (non-hydrogen) atoms. The van der Waals surface area contributed by atoms with Crippen molar-refractivity contribution in [3.63, 3.8) is 0 Å². The number of rotatable bonds is 4. The molecule has 1 aliphatic rings. The van der Waals surface area contributed by atoms with Gasteiger partial charge in [-0.3, -0.25) is 4.98 Å². The van der Waals surface area contributed by atoms with Crippen LogP contribution >= 0.6 is 0 Å². The second-order valence-corrected chi connectivity index (χ2v) is 8.15. The van der Waals surface area contributed by atoms with Crippen LogP contribution < -0.4 is 5.32 Å². The average molecular weight is 326 g/mol. The van der Waals surface area contributed by atoms with Crippen molar-refractivity contribution in [2.45, 2.75) is 58.0 Å². The Labute approximate surface area is 145 Å². The van der Waals surface area contributed by atoms with E-state index >= 15 is 0 Å². The van der Waals surface area contributed by atoms with Crippen LogP contribution in [0.2, 0.25) is 0 Å². The number of aliphatic hydroxyl groups is 1. The minimum atomic E-state index is -0.408. The summed E-state index contributed by atoms with van der Waals surface area (Å²) >= 11 is 0. The zero-order chi connectivity index (χ0) is 17.2. The molecule has 3 heteroatoms. The summed E-state index contributed by atoms with van der Waals surface area (Å²) in [6, 6.07) is 10.3. The molecule has 0 saturated carbocycles. The van der Waals surface area contributed by atoms with Gasteiger partial charge in [0.1, 0.15) is 0 Å². The van der Waals surface area contributed by atoms with E-state index in [0.717, 1.165) is 54.0 Å². The molecule has 1 aliphatic heterocycles. The molecule has 0 bridgehead atoms. The molecule has 0 amide bonds. The average Bonchev–Trinajstić information content (AvgIpc) is 2.59. The molecule has 0 spiro atoms. The van der Waals surface area contributed by atoms with Gasteiger partial charge in [0, 0.05) is 16.5 Å². The maximum atomic E-state index is 10.9. The normalized spacial score (nSPS) is 18.0. The maximum absolute atomic E-state index is 10.9. The predicted molar refractivity (Wildman–Crippen MR) is 100 cm³/mol. The lowest BCUT2D eigenvalue weighted by Crippen LogP contribution is -2.27. The number of aliphatic hydroxyl groups excluding tert-OH is 1. The van der Waals surface area contributed by atoms with Crippen LogP contribution in [0.1, 0.15) is 63.8 Å². The molecule has 1 aromatic heterocycles. The minimum absolute atomic E-state index is 0.0203. The van der Waals surface area contributed by atoms with Gasteiger partial charge in [-0.1, -0.05) is 39.0 Å². The van der Waals surface area contributed by atoms with E-state index in [1.807, 2.05) is 18.2 Å². The molecule has 0 radical (unpaired) electrons. The molecule has 2 heterocycles. The smallest absolute Gasteiger partial charge is 0.0797 e. The fraction of sp³-hybridized carbons (Fsp3) is 0.571. The van der Waals surface area contributed by atoms with Crippen molar-refractivity contribution in [2.75, 3.05) is 13.1 Å². The Balaban J connectivity index is 1.85. The van der Waals surface area contributed by atoms with Gasteiger partial charge < -0.3 is 10.4 Å². The summed E-state index contributed by atoms with van der Waals surface area (Å²) in [6.45, 7) is 8.76. The van der Waals surface area contributed by atoms with Crippen molar-refractivity contribution >= 4 is 10.9 Å². The molecule has 3 nitrogen and oxygen atoms in total. The van der Waals surface area contributed by atoms with Crippen LogP contribution in [0, 0.1) is 5.92 Å². The first-order chi connectivity index (χ1) is 11.4. The number of fused-ring (bicyclic) bond motifs is 1. The van der Waals surface area contributed by atoms with Gasteiger partial charge in [-0.05, 0) is 62.4 Å². The molecule has 1 atom stereocenters. The van der Waals surface area contributed by atoms with Crippen molar-refractivity contribution < 1.29 is 5.11 Å². The third kappa shape index (κ3) is 3.96. The second-order valence-electron chi connectivity index (χ2n) is 8.15. The Morgan fingerprint density at radius 1 is 1.21 bits per heavy atom. The van der Waals surface area contributed by atoms with Crippen LogP contribution in [-0.4, -0.2) is 23.2 Å². The predicted octanol–water partition coefficient (Wildman–Crippen LogP) is 4.35. The first-order valence-corrected chi connectivity index (χ1v) is 9.24. The summed E-state index contributed by atoms with van der Waals surface area (Å²) in [7, 11) is 0. The first kappa shape index (κ1) is 17.4. The SMILES string of the molecule is CC(C)(C)c1cc([C@@H](O)CCC2CCNCC2)c2ccccc2n1. The number of aromatic nitrogens is 1. The van der Waals surface area contributed by atoms with Crippen LogP contribution in [0.5, 0.6) is 0 Å². The van der Waals surface area contributed by atoms with E-state index in [4.69, 9.17) is 4.98 Å². The van der Waals surface area contributed by atoms with Crippen molar-refractivity contribution in [3.8, 4) is 0 Å². The molecular weight excluding hydrogens is 296 g/mol. The Morgan fingerprint density at radius 3 is 2.62 bits per heavy atom. The fourth-order valence-corrected chi connectivity index (χ4v) is 3.58. The molecular formula is C21H30N2O. The van der Waals surface area contributed by atoms with Crippen LogP contribution in [0.25, 0.3) is 10.9 Å². The molecule has 1 fully saturated rings. The monoisotopic (exact) mass is 326 g/mol. The number of hydrogen-bond acceptors (Lipinski definition) is 3. The van der Waals surface area contributed by atoms with E-state index in [0.29, 0.717) is 0 Å². The molecule has 1 saturated heterocycles. The van der Waals surface area contributed by atoms with E-state index < -0.39 is 6.10 Å². The van der Waals surface area contributed by atoms with Gasteiger partial charge in [-0.15, -0.1) is 0 Å². The van der Waals surface area contributed by atoms with Crippen molar-refractivity contribution in [1.82, 2.24) is 10.3 Å². The standard InChI is InChI=1S/C21H30N2O/c1-21(2,3)20-14-17(16-6-4-5-7-18(16)23-20)19(24)9-8-15-10-12-22-13-11-15/h4-7,14-15,19,22,24H,8-13H2,1-3H3/t19-/m0/s1. The lowest BCUT2D eigenvalue weighted by Gasteiger charge is -2.25. The zero-order valence-electron chi connectivity index (χ0n) is 15.2. The van der Waals surface area contributed by atoms with E-state index in [9.17, 15) is 5.11 Å². The highest BCUT2D eigenvalue weighted by Gasteiger charge is 2.21. The summed E-state index contributed by atoms with van der Waals surface area (Å²) in [6.07, 6.45) is 4.00. The Bertz CT molecular complexity index is 684. The summed E-state index contributed by atoms with van der Waals surface area (Å²) in [5.74, 6) is 0.746. The Hall–Kier alpha value is -1.45. The highest BCUT2D eigenvalue weighted by Crippen LogP contribution is 2.32. The molecule has 2 aromatic rings. The molecule has 1 aromatic carbocycles. The third-order valence-electron chi connectivity index (χ3n) is 5.18. The maximum Gasteiger partial charge on any atom is 0.0797 e. The largest absolute Gasteiger partial charge is 0.388 e. The van der Waals surface area contributed by atoms with Gasteiger partial charge in [0.15, 0.2) is 0 Å². The number of para-hydroxylation sites is 1. The lowest BCUT2D eigenvalue weighted by molar-refractivity contribution is 0.153. The van der Waals surface area contributed by atoms with E-state index in [-0.39, 0.29) is 5.41 Å². The minimum Gasteiger partial charge on any atom is -0.388 e. The Kier molecular flexibility index (Phi) is 5.21. The van der Waals surface area contributed by atoms with Crippen LogP contribution in [0.15, 0.2) is 30.3 Å². The third-order valence-corrected chi connectivity index (χ3v) is 5.18. The zero-order valence-corrected chi connectivity index (χ0v) is 15.2. The number of pyridine rings is 1. The summed E-state index contributed by atoms with van der Waals surface area (Å²) in [5, 5.41) is 15.4. The van der Waals surface area contributed by atoms with Gasteiger partial charge in [0.25, 0.3) is 0 Å². The van der Waals surface area contributed by atoms with E-state index in [1.54, 1.807) is 0 Å². The number of nitrogens with one attached hydrogen (secondary N) is 1. The van der Waals surface area contributed by atoms with Gasteiger partial charge in [0.05, 0.1) is 11.6 Å². The van der Waals surface area contributed by atoms with Crippen LogP contribution in [-0.2, 0) is 5.41 Å². The van der Waals surface area contributed by atoms with E-state index in [2.05, 4.69) is 38.2 Å². The van der Waals surface area contributed by atoms with Crippen molar-refractivity contribution in [3.05, 3.63) is 41.6 Å². The molecule has 0 aliphatic carbocycles. The topological polar surface area (TPSA) is 45.1 Å². The van der Waals surface area contributed by atoms with Gasteiger partial charge in [0.2, 0.25) is 0 Å². The van der Waals surface area contributed by atoms with Crippen molar-refractivity contribution in [1.29, 1.82) is 0 Å². The summed E-state index contributed by atoms with van der Waals surface area (Å²) in [5.41, 5.74) is 3.06. The number of nitrogens with zero attached hydrogens (tertiary/aromatic N) is 1. The van der Waals surface area contributed by atoms with Crippen LogP contribution in [0.4, 0.5) is 0 Å². The van der Waals surface area contributed by atoms with Gasteiger partial charge in [-0.2, -0.15) is 0 Å². The number of piperidine rings is 1. The summed E-state index contributed by atoms with van der Waals surface area (Å²) < 4.78 is 0. The second kappa shape index (κ2) is 7.20. The lowest BCUT2D eigenvalue weighted by atomic mass is 9.87. The van der Waals surface area contributed by atoms with E-state index in [1.165, 1.54) is 12.8 Å². The van der Waals surface area contributed by atoms with Gasteiger partial charge in [-0.25, -0.2) is 0 Å². The quantitative estimate of drug-likeness (QED) is 0.878. The fourth-order valence-electron chi connectivity index (χ4n) is 3.58. The molecule has 0 unspecified atom stereocenters. The van der Waals surface area contributed by atoms with Gasteiger partial charge >= 0.3 is 0 Å². The molecule has 3 rings (SSSR count). The number of hydrogen-bond donors (Lipinski definition) is 2. The highest BCUT2D eigenvalue weighted by atomic mass is 16.3. The highest BCUT2D eigenvalue weighted by molar-refractivity contribution is 5.82. The number of benzene rings is 1.